The largest absolute Gasteiger partial charge is 0.366 e. The van der Waals surface area contributed by atoms with Crippen LogP contribution in [0.5, 0.6) is 0 Å². The second kappa shape index (κ2) is 5.60. The average molecular weight is 226 g/mol. The Kier molecular flexibility index (Phi) is 4.42. The van der Waals surface area contributed by atoms with Gasteiger partial charge in [-0.3, -0.25) is 9.48 Å². The van der Waals surface area contributed by atoms with Crippen LogP contribution in [0.4, 0.5) is 0 Å². The molecule has 1 aromatic heterocycles. The monoisotopic (exact) mass is 226 g/mol. The van der Waals surface area contributed by atoms with E-state index in [1.165, 1.54) is 6.33 Å². The molecule has 6 heteroatoms. The van der Waals surface area contributed by atoms with E-state index in [1.807, 2.05) is 6.92 Å². The second-order valence-electron chi connectivity index (χ2n) is 3.86. The molecule has 1 heterocycles. The van der Waals surface area contributed by atoms with E-state index in [0.29, 0.717) is 19.7 Å². The lowest BCUT2D eigenvalue weighted by Gasteiger charge is -2.23. The average Bonchev–Trinajstić information content (AvgIpc) is 2.70. The van der Waals surface area contributed by atoms with Crippen LogP contribution in [0.25, 0.3) is 0 Å². The number of nitrogens with zero attached hydrogens (tertiary/aromatic N) is 3. The first-order valence-electron chi connectivity index (χ1n) is 5.31. The number of nitrogens with one attached hydrogen (secondary N) is 1. The van der Waals surface area contributed by atoms with Gasteiger partial charge in [0.05, 0.1) is 6.54 Å². The molecule has 0 bridgehead atoms. The summed E-state index contributed by atoms with van der Waals surface area (Å²) in [6, 6.07) is 0. The summed E-state index contributed by atoms with van der Waals surface area (Å²) in [6.45, 7) is 7.00. The first-order valence-corrected chi connectivity index (χ1v) is 5.31. The molecule has 1 N–H and O–H groups in total. The highest BCUT2D eigenvalue weighted by Gasteiger charge is 2.27. The van der Waals surface area contributed by atoms with E-state index in [-0.39, 0.29) is 5.91 Å². The summed E-state index contributed by atoms with van der Waals surface area (Å²) in [5, 5.41) is 6.73. The van der Waals surface area contributed by atoms with Gasteiger partial charge < -0.3 is 10.1 Å². The van der Waals surface area contributed by atoms with Crippen LogP contribution in [-0.2, 0) is 16.1 Å². The Morgan fingerprint density at radius 3 is 2.88 bits per heavy atom. The molecule has 1 amide bonds. The summed E-state index contributed by atoms with van der Waals surface area (Å²) in [7, 11) is 0. The van der Waals surface area contributed by atoms with Crippen LogP contribution in [0.2, 0.25) is 0 Å². The van der Waals surface area contributed by atoms with Gasteiger partial charge in [0.25, 0.3) is 5.91 Å². The van der Waals surface area contributed by atoms with Crippen LogP contribution < -0.4 is 5.32 Å². The van der Waals surface area contributed by atoms with Crippen molar-refractivity contribution in [3.63, 3.8) is 0 Å². The van der Waals surface area contributed by atoms with Gasteiger partial charge >= 0.3 is 0 Å². The number of amides is 1. The quantitative estimate of drug-likeness (QED) is 0.752. The van der Waals surface area contributed by atoms with Crippen LogP contribution in [0.3, 0.4) is 0 Å². The lowest BCUT2D eigenvalue weighted by atomic mass is 10.1. The Hall–Kier alpha value is -1.43. The molecule has 0 unspecified atom stereocenters. The van der Waals surface area contributed by atoms with Crippen molar-refractivity contribution in [1.82, 2.24) is 20.1 Å². The fourth-order valence-electron chi connectivity index (χ4n) is 1.27. The zero-order valence-electron chi connectivity index (χ0n) is 9.93. The summed E-state index contributed by atoms with van der Waals surface area (Å²) in [6.07, 6.45) is 3.08. The second-order valence-corrected chi connectivity index (χ2v) is 3.86. The molecule has 0 fully saturated rings. The molecule has 90 valence electrons. The van der Waals surface area contributed by atoms with Gasteiger partial charge in [0, 0.05) is 13.2 Å². The zero-order valence-corrected chi connectivity index (χ0v) is 9.93. The lowest BCUT2D eigenvalue weighted by Crippen LogP contribution is -2.45. The number of hydrogen-bond donors (Lipinski definition) is 1. The van der Waals surface area contributed by atoms with E-state index in [1.54, 1.807) is 24.9 Å². The first-order chi connectivity index (χ1) is 7.56. The van der Waals surface area contributed by atoms with Crippen LogP contribution in [0.1, 0.15) is 20.8 Å². The highest BCUT2D eigenvalue weighted by molar-refractivity contribution is 5.84. The Labute approximate surface area is 95.0 Å². The highest BCUT2D eigenvalue weighted by atomic mass is 16.5. The molecule has 1 aromatic rings. The zero-order chi connectivity index (χ0) is 12.0. The van der Waals surface area contributed by atoms with Crippen LogP contribution >= 0.6 is 0 Å². The van der Waals surface area contributed by atoms with Crippen molar-refractivity contribution in [2.45, 2.75) is 32.9 Å². The van der Waals surface area contributed by atoms with Crippen LogP contribution in [-0.4, -0.2) is 39.4 Å². The number of hydrogen-bond acceptors (Lipinski definition) is 4. The molecule has 0 radical (unpaired) electrons. The number of ether oxygens (including phenoxy) is 1. The molecule has 0 atom stereocenters. The molecule has 0 aliphatic rings. The van der Waals surface area contributed by atoms with E-state index in [0.717, 1.165) is 0 Å². The molecule has 0 saturated heterocycles. The number of carbonyl (C=O) groups is 1. The Bertz CT molecular complexity index is 322. The standard InChI is InChI=1S/C10H18N4O2/c1-4-16-10(2,3)9(15)12-5-6-14-8-11-7-13-14/h7-8H,4-6H2,1-3H3,(H,12,15). The molecule has 1 rings (SSSR count). The molecular weight excluding hydrogens is 208 g/mol. The van der Waals surface area contributed by atoms with Crippen molar-refractivity contribution in [1.29, 1.82) is 0 Å². The lowest BCUT2D eigenvalue weighted by molar-refractivity contribution is -0.142. The van der Waals surface area contributed by atoms with Gasteiger partial charge in [-0.05, 0) is 20.8 Å². The minimum Gasteiger partial charge on any atom is -0.366 e. The Balaban J connectivity index is 2.30. The maximum Gasteiger partial charge on any atom is 0.251 e. The highest BCUT2D eigenvalue weighted by Crippen LogP contribution is 2.08. The van der Waals surface area contributed by atoms with Crippen molar-refractivity contribution in [2.75, 3.05) is 13.2 Å². The summed E-state index contributed by atoms with van der Waals surface area (Å²) in [5.41, 5.74) is -0.781. The van der Waals surface area contributed by atoms with E-state index < -0.39 is 5.60 Å². The van der Waals surface area contributed by atoms with Gasteiger partial charge in [0.2, 0.25) is 0 Å². The minimum absolute atomic E-state index is 0.116. The predicted molar refractivity (Wildman–Crippen MR) is 58.7 cm³/mol. The SMILES string of the molecule is CCOC(C)(C)C(=O)NCCn1cncn1. The summed E-state index contributed by atoms with van der Waals surface area (Å²) in [4.78, 5) is 15.5. The van der Waals surface area contributed by atoms with Gasteiger partial charge in [0.1, 0.15) is 18.3 Å². The Morgan fingerprint density at radius 2 is 2.31 bits per heavy atom. The number of aromatic nitrogens is 3. The molecule has 16 heavy (non-hydrogen) atoms. The fourth-order valence-corrected chi connectivity index (χ4v) is 1.27. The summed E-state index contributed by atoms with van der Waals surface area (Å²) in [5.74, 6) is -0.116. The molecule has 0 aliphatic carbocycles. The van der Waals surface area contributed by atoms with Gasteiger partial charge in [-0.1, -0.05) is 0 Å². The topological polar surface area (TPSA) is 69.0 Å². The Morgan fingerprint density at radius 1 is 1.56 bits per heavy atom. The van der Waals surface area contributed by atoms with Crippen LogP contribution in [0.15, 0.2) is 12.7 Å². The van der Waals surface area contributed by atoms with Crippen molar-refractivity contribution in [3.05, 3.63) is 12.7 Å². The van der Waals surface area contributed by atoms with Crippen molar-refractivity contribution >= 4 is 5.91 Å². The summed E-state index contributed by atoms with van der Waals surface area (Å²) < 4.78 is 6.99. The normalized spacial score (nSPS) is 11.4. The van der Waals surface area contributed by atoms with E-state index in [4.69, 9.17) is 4.74 Å². The third-order valence-electron chi connectivity index (χ3n) is 2.15. The van der Waals surface area contributed by atoms with Gasteiger partial charge in [-0.25, -0.2) is 4.98 Å². The molecule has 0 saturated carbocycles. The molecule has 0 aliphatic heterocycles. The molecular formula is C10H18N4O2. The van der Waals surface area contributed by atoms with Crippen LogP contribution in [0, 0.1) is 0 Å². The number of carbonyl (C=O) groups excluding carboxylic acids is 1. The van der Waals surface area contributed by atoms with Gasteiger partial charge in [-0.2, -0.15) is 5.10 Å². The maximum atomic E-state index is 11.7. The molecule has 6 nitrogen and oxygen atoms in total. The van der Waals surface area contributed by atoms with E-state index in [2.05, 4.69) is 15.4 Å². The van der Waals surface area contributed by atoms with Gasteiger partial charge in [-0.15, -0.1) is 0 Å². The smallest absolute Gasteiger partial charge is 0.251 e. The molecule has 0 aromatic carbocycles. The van der Waals surface area contributed by atoms with Crippen molar-refractivity contribution < 1.29 is 9.53 Å². The minimum atomic E-state index is -0.781. The predicted octanol–water partition coefficient (Wildman–Crippen LogP) is 0.209. The first kappa shape index (κ1) is 12.6. The fraction of sp³-hybridized carbons (Fsp3) is 0.700. The third-order valence-corrected chi connectivity index (χ3v) is 2.15. The van der Waals surface area contributed by atoms with E-state index in [9.17, 15) is 4.79 Å². The third kappa shape index (κ3) is 3.62. The number of rotatable bonds is 6. The molecule has 0 spiro atoms. The van der Waals surface area contributed by atoms with E-state index >= 15 is 0 Å². The summed E-state index contributed by atoms with van der Waals surface area (Å²) >= 11 is 0. The van der Waals surface area contributed by atoms with Crippen molar-refractivity contribution in [3.8, 4) is 0 Å². The van der Waals surface area contributed by atoms with Gasteiger partial charge in [0.15, 0.2) is 0 Å². The van der Waals surface area contributed by atoms with Crippen molar-refractivity contribution in [2.24, 2.45) is 0 Å². The maximum absolute atomic E-state index is 11.7.